The topological polar surface area (TPSA) is 124 Å². The zero-order valence-electron chi connectivity index (χ0n) is 13.4. The summed E-state index contributed by atoms with van der Waals surface area (Å²) in [6.07, 6.45) is 5.34. The predicted octanol–water partition coefficient (Wildman–Crippen LogP) is -0.0935. The Morgan fingerprint density at radius 3 is 2.88 bits per heavy atom. The fraction of sp³-hybridized carbons (Fsp3) is 0.500. The van der Waals surface area contributed by atoms with Gasteiger partial charge in [0.1, 0.15) is 12.7 Å². The van der Waals surface area contributed by atoms with Gasteiger partial charge in [-0.15, -0.1) is 0 Å². The molecule has 1 unspecified atom stereocenters. The third-order valence-electron chi connectivity index (χ3n) is 4.11. The van der Waals surface area contributed by atoms with Gasteiger partial charge in [0, 0.05) is 18.3 Å². The highest BCUT2D eigenvalue weighted by Gasteiger charge is 2.28. The van der Waals surface area contributed by atoms with Crippen molar-refractivity contribution >= 4 is 19.9 Å². The first-order valence-corrected chi connectivity index (χ1v) is 11.3. The highest BCUT2D eigenvalue weighted by molar-refractivity contribution is 7.91. The van der Waals surface area contributed by atoms with Crippen molar-refractivity contribution in [2.24, 2.45) is 5.92 Å². The lowest BCUT2D eigenvalue weighted by Gasteiger charge is -2.11. The Hall–Kier alpha value is -1.85. The molecule has 11 heteroatoms. The Labute approximate surface area is 146 Å². The molecule has 0 radical (unpaired) electrons. The molecule has 0 bridgehead atoms. The summed E-state index contributed by atoms with van der Waals surface area (Å²) in [5.41, 5.74) is 0.667. The third kappa shape index (κ3) is 4.83. The van der Waals surface area contributed by atoms with Gasteiger partial charge in [-0.25, -0.2) is 36.2 Å². The highest BCUT2D eigenvalue weighted by atomic mass is 32.2. The Bertz CT molecular complexity index is 926. The molecular weight excluding hydrogens is 366 g/mol. The van der Waals surface area contributed by atoms with E-state index in [0.717, 1.165) is 0 Å². The van der Waals surface area contributed by atoms with Gasteiger partial charge >= 0.3 is 0 Å². The van der Waals surface area contributed by atoms with Crippen LogP contribution >= 0.6 is 0 Å². The fourth-order valence-electron chi connectivity index (χ4n) is 2.77. The molecule has 1 aliphatic rings. The zero-order chi connectivity index (χ0) is 17.9. The maximum atomic E-state index is 12.2. The van der Waals surface area contributed by atoms with Gasteiger partial charge in [0.2, 0.25) is 10.0 Å². The zero-order valence-corrected chi connectivity index (χ0v) is 15.1. The first kappa shape index (κ1) is 18.0. The van der Waals surface area contributed by atoms with Crippen molar-refractivity contribution in [2.45, 2.75) is 19.4 Å². The summed E-state index contributed by atoms with van der Waals surface area (Å²) in [5.74, 6) is 0.575. The molecule has 0 aromatic carbocycles. The SMILES string of the molecule is O=S1(=O)CCC(CCS(=O)(=O)NCc2cccnc2-n2cncn2)C1. The van der Waals surface area contributed by atoms with Crippen LogP contribution in [-0.2, 0) is 26.4 Å². The van der Waals surface area contributed by atoms with E-state index in [4.69, 9.17) is 0 Å². The van der Waals surface area contributed by atoms with Crippen molar-refractivity contribution in [1.29, 1.82) is 0 Å². The predicted molar refractivity (Wildman–Crippen MR) is 91.2 cm³/mol. The molecule has 1 N–H and O–H groups in total. The van der Waals surface area contributed by atoms with E-state index in [1.807, 2.05) is 0 Å². The molecule has 2 aromatic rings. The van der Waals surface area contributed by atoms with Crippen molar-refractivity contribution < 1.29 is 16.8 Å². The van der Waals surface area contributed by atoms with Crippen LogP contribution < -0.4 is 4.72 Å². The molecule has 3 heterocycles. The lowest BCUT2D eigenvalue weighted by molar-refractivity contribution is 0.544. The van der Waals surface area contributed by atoms with Gasteiger partial charge in [-0.1, -0.05) is 6.07 Å². The van der Waals surface area contributed by atoms with E-state index in [9.17, 15) is 16.8 Å². The second-order valence-corrected chi connectivity index (χ2v) is 10.2. The average molecular weight is 385 g/mol. The molecule has 9 nitrogen and oxygen atoms in total. The third-order valence-corrected chi connectivity index (χ3v) is 7.30. The van der Waals surface area contributed by atoms with Gasteiger partial charge in [-0.2, -0.15) is 5.10 Å². The van der Waals surface area contributed by atoms with Crippen LogP contribution in [0.15, 0.2) is 31.0 Å². The van der Waals surface area contributed by atoms with Crippen LogP contribution in [0.4, 0.5) is 0 Å². The number of pyridine rings is 1. The molecule has 25 heavy (non-hydrogen) atoms. The van der Waals surface area contributed by atoms with E-state index in [1.54, 1.807) is 18.3 Å². The molecule has 136 valence electrons. The van der Waals surface area contributed by atoms with E-state index in [-0.39, 0.29) is 29.7 Å². The van der Waals surface area contributed by atoms with E-state index >= 15 is 0 Å². The molecule has 1 atom stereocenters. The number of nitrogens with one attached hydrogen (secondary N) is 1. The number of hydrogen-bond acceptors (Lipinski definition) is 7. The molecular formula is C14H19N5O4S2. The smallest absolute Gasteiger partial charge is 0.211 e. The number of sulfonamides is 1. The molecule has 1 aliphatic heterocycles. The van der Waals surface area contributed by atoms with Gasteiger partial charge in [-0.05, 0) is 24.8 Å². The normalized spacial score (nSPS) is 19.9. The van der Waals surface area contributed by atoms with Gasteiger partial charge in [-0.3, -0.25) is 0 Å². The Kier molecular flexibility index (Phi) is 5.16. The van der Waals surface area contributed by atoms with E-state index in [2.05, 4.69) is 19.8 Å². The van der Waals surface area contributed by atoms with Crippen LogP contribution in [0.3, 0.4) is 0 Å². The summed E-state index contributed by atoms with van der Waals surface area (Å²) in [7, 11) is -6.50. The monoisotopic (exact) mass is 385 g/mol. The van der Waals surface area contributed by atoms with Crippen molar-refractivity contribution in [3.8, 4) is 5.82 Å². The maximum absolute atomic E-state index is 12.2. The van der Waals surface area contributed by atoms with E-state index < -0.39 is 19.9 Å². The van der Waals surface area contributed by atoms with E-state index in [0.29, 0.717) is 24.2 Å². The largest absolute Gasteiger partial charge is 0.237 e. The number of aromatic nitrogens is 4. The molecule has 3 rings (SSSR count). The number of sulfone groups is 1. The first-order chi connectivity index (χ1) is 11.8. The lowest BCUT2D eigenvalue weighted by atomic mass is 10.1. The Balaban J connectivity index is 1.60. The lowest BCUT2D eigenvalue weighted by Crippen LogP contribution is -2.28. The molecule has 0 saturated carbocycles. The van der Waals surface area contributed by atoms with Crippen LogP contribution in [0.2, 0.25) is 0 Å². The van der Waals surface area contributed by atoms with Crippen LogP contribution in [-0.4, -0.2) is 53.8 Å². The van der Waals surface area contributed by atoms with E-state index in [1.165, 1.54) is 17.3 Å². The quantitative estimate of drug-likeness (QED) is 0.706. The minimum atomic E-state index is -3.51. The highest BCUT2D eigenvalue weighted by Crippen LogP contribution is 2.22. The number of rotatable bonds is 7. The molecule has 2 aromatic heterocycles. The molecule has 0 aliphatic carbocycles. The maximum Gasteiger partial charge on any atom is 0.211 e. The van der Waals surface area contributed by atoms with Gasteiger partial charge in [0.25, 0.3) is 0 Å². The van der Waals surface area contributed by atoms with Crippen molar-refractivity contribution in [1.82, 2.24) is 24.5 Å². The second kappa shape index (κ2) is 7.18. The second-order valence-electron chi connectivity index (χ2n) is 6.02. The van der Waals surface area contributed by atoms with Crippen molar-refractivity contribution in [3.63, 3.8) is 0 Å². The molecule has 1 saturated heterocycles. The Morgan fingerprint density at radius 1 is 1.36 bits per heavy atom. The summed E-state index contributed by atoms with van der Waals surface area (Å²) in [6.45, 7) is 0.0777. The van der Waals surface area contributed by atoms with Crippen LogP contribution in [0.1, 0.15) is 18.4 Å². The van der Waals surface area contributed by atoms with Crippen LogP contribution in [0.5, 0.6) is 0 Å². The molecule has 1 fully saturated rings. The van der Waals surface area contributed by atoms with Crippen molar-refractivity contribution in [2.75, 3.05) is 17.3 Å². The number of nitrogens with zero attached hydrogens (tertiary/aromatic N) is 4. The number of hydrogen-bond donors (Lipinski definition) is 1. The first-order valence-electron chi connectivity index (χ1n) is 7.81. The summed E-state index contributed by atoms with van der Waals surface area (Å²) < 4.78 is 51.3. The van der Waals surface area contributed by atoms with Gasteiger partial charge < -0.3 is 0 Å². The molecule has 0 spiro atoms. The minimum Gasteiger partial charge on any atom is -0.237 e. The molecule has 0 amide bonds. The fourth-order valence-corrected chi connectivity index (χ4v) is 5.85. The minimum absolute atomic E-state index is 0.0777. The van der Waals surface area contributed by atoms with Crippen LogP contribution in [0, 0.1) is 5.92 Å². The average Bonchev–Trinajstić information content (AvgIpc) is 3.21. The summed E-state index contributed by atoms with van der Waals surface area (Å²) in [6, 6.07) is 3.48. The van der Waals surface area contributed by atoms with Gasteiger partial charge in [0.05, 0.1) is 17.3 Å². The van der Waals surface area contributed by atoms with Crippen molar-refractivity contribution in [3.05, 3.63) is 36.5 Å². The Morgan fingerprint density at radius 2 is 2.20 bits per heavy atom. The summed E-state index contributed by atoms with van der Waals surface area (Å²) in [5, 5.41) is 4.00. The summed E-state index contributed by atoms with van der Waals surface area (Å²) >= 11 is 0. The standard InChI is InChI=1S/C14H19N5O4S2/c20-24(21)6-3-12(9-24)4-7-25(22,23)18-8-13-2-1-5-16-14(13)19-11-15-10-17-19/h1-2,5,10-12,18H,3-4,6-9H2. The van der Waals surface area contributed by atoms with Crippen LogP contribution in [0.25, 0.3) is 5.82 Å². The summed E-state index contributed by atoms with van der Waals surface area (Å²) in [4.78, 5) is 8.06. The van der Waals surface area contributed by atoms with Gasteiger partial charge in [0.15, 0.2) is 15.7 Å².